The highest BCUT2D eigenvalue weighted by Crippen LogP contribution is 2.31. The Morgan fingerprint density at radius 2 is 2.00 bits per heavy atom. The number of methoxy groups -OCH3 is 1. The smallest absolute Gasteiger partial charge is 0.327 e. The standard InChI is InChI=1S/C9H10Br2N2O2.ClH/c1-15-9(14)8(13)5-2-4(10)3-6(11)7(5)12;/h2-3,8H,12-13H2,1H3;1H/t8-;/m1./s1. The first-order chi connectivity index (χ1) is 6.97. The number of carbonyl (C=O) groups is 1. The Bertz CT molecular complexity index is 401. The zero-order valence-electron chi connectivity index (χ0n) is 8.37. The second-order valence-electron chi connectivity index (χ2n) is 2.89. The molecule has 16 heavy (non-hydrogen) atoms. The first kappa shape index (κ1) is 15.7. The van der Waals surface area contributed by atoms with Gasteiger partial charge in [0.25, 0.3) is 0 Å². The lowest BCUT2D eigenvalue weighted by Crippen LogP contribution is -2.23. The number of rotatable bonds is 2. The fourth-order valence-electron chi connectivity index (χ4n) is 1.12. The Labute approximate surface area is 116 Å². The predicted octanol–water partition coefficient (Wildman–Crippen LogP) is 2.39. The second kappa shape index (κ2) is 6.44. The molecule has 0 radical (unpaired) electrons. The van der Waals surface area contributed by atoms with E-state index >= 15 is 0 Å². The van der Waals surface area contributed by atoms with Crippen LogP contribution in [-0.4, -0.2) is 13.1 Å². The number of nitrogens with two attached hydrogens (primary N) is 2. The Morgan fingerprint density at radius 1 is 1.44 bits per heavy atom. The molecule has 0 bridgehead atoms. The van der Waals surface area contributed by atoms with Gasteiger partial charge in [-0.1, -0.05) is 15.9 Å². The second-order valence-corrected chi connectivity index (χ2v) is 4.66. The molecule has 0 aliphatic carbocycles. The third-order valence-electron chi connectivity index (χ3n) is 1.92. The molecule has 0 amide bonds. The molecule has 1 atom stereocenters. The summed E-state index contributed by atoms with van der Waals surface area (Å²) in [6.07, 6.45) is 0. The average molecular weight is 374 g/mol. The van der Waals surface area contributed by atoms with Crippen LogP contribution >= 0.6 is 44.3 Å². The van der Waals surface area contributed by atoms with Crippen LogP contribution in [-0.2, 0) is 9.53 Å². The largest absolute Gasteiger partial charge is 0.468 e. The summed E-state index contributed by atoms with van der Waals surface area (Å²) in [6.45, 7) is 0. The Kier molecular flexibility index (Phi) is 6.32. The van der Waals surface area contributed by atoms with E-state index in [9.17, 15) is 4.79 Å². The molecule has 0 spiro atoms. The van der Waals surface area contributed by atoms with Gasteiger partial charge in [-0.05, 0) is 28.1 Å². The molecule has 4 N–H and O–H groups in total. The molecular formula is C9H11Br2ClN2O2. The summed E-state index contributed by atoms with van der Waals surface area (Å²) in [7, 11) is 1.28. The summed E-state index contributed by atoms with van der Waals surface area (Å²) < 4.78 is 6.03. The molecule has 0 fully saturated rings. The van der Waals surface area contributed by atoms with Gasteiger partial charge in [0.15, 0.2) is 0 Å². The zero-order valence-corrected chi connectivity index (χ0v) is 12.4. The quantitative estimate of drug-likeness (QED) is 0.615. The Morgan fingerprint density at radius 3 is 2.50 bits per heavy atom. The van der Waals surface area contributed by atoms with Crippen molar-refractivity contribution in [1.82, 2.24) is 0 Å². The van der Waals surface area contributed by atoms with Gasteiger partial charge in [-0.15, -0.1) is 12.4 Å². The Balaban J connectivity index is 0.00000225. The van der Waals surface area contributed by atoms with E-state index in [1.807, 2.05) is 0 Å². The normalized spacial score (nSPS) is 11.5. The molecule has 0 unspecified atom stereocenters. The molecule has 90 valence electrons. The number of halogens is 3. The van der Waals surface area contributed by atoms with Crippen LogP contribution in [0.1, 0.15) is 11.6 Å². The van der Waals surface area contributed by atoms with Crippen LogP contribution in [0.3, 0.4) is 0 Å². The number of esters is 1. The topological polar surface area (TPSA) is 78.3 Å². The van der Waals surface area contributed by atoms with Gasteiger partial charge in [-0.3, -0.25) is 4.79 Å². The highest BCUT2D eigenvalue weighted by Gasteiger charge is 2.20. The summed E-state index contributed by atoms with van der Waals surface area (Å²) in [5.74, 6) is -0.522. The number of carbonyl (C=O) groups excluding carboxylic acids is 1. The fraction of sp³-hybridized carbons (Fsp3) is 0.222. The lowest BCUT2D eigenvalue weighted by Gasteiger charge is -2.13. The van der Waals surface area contributed by atoms with E-state index in [1.165, 1.54) is 7.11 Å². The van der Waals surface area contributed by atoms with Gasteiger partial charge in [0.05, 0.1) is 12.8 Å². The number of benzene rings is 1. The molecule has 0 heterocycles. The molecule has 0 aromatic heterocycles. The summed E-state index contributed by atoms with van der Waals surface area (Å²) in [5, 5.41) is 0. The number of hydrogen-bond acceptors (Lipinski definition) is 4. The van der Waals surface area contributed by atoms with Crippen LogP contribution < -0.4 is 11.5 Å². The van der Waals surface area contributed by atoms with Crippen molar-refractivity contribution >= 4 is 55.9 Å². The molecule has 4 nitrogen and oxygen atoms in total. The van der Waals surface area contributed by atoms with Crippen LogP contribution in [0.15, 0.2) is 21.1 Å². The van der Waals surface area contributed by atoms with Crippen molar-refractivity contribution in [3.63, 3.8) is 0 Å². The lowest BCUT2D eigenvalue weighted by molar-refractivity contribution is -0.142. The van der Waals surface area contributed by atoms with Crippen LogP contribution in [0.2, 0.25) is 0 Å². The van der Waals surface area contributed by atoms with E-state index in [1.54, 1.807) is 12.1 Å². The monoisotopic (exact) mass is 372 g/mol. The minimum atomic E-state index is -0.871. The number of nitrogen functional groups attached to an aromatic ring is 1. The van der Waals surface area contributed by atoms with Gasteiger partial charge < -0.3 is 16.2 Å². The van der Waals surface area contributed by atoms with Crippen molar-refractivity contribution < 1.29 is 9.53 Å². The van der Waals surface area contributed by atoms with Gasteiger partial charge >= 0.3 is 5.97 Å². The Hall–Kier alpha value is -0.300. The SMILES string of the molecule is COC(=O)[C@H](N)c1cc(Br)cc(Br)c1N.Cl. The number of anilines is 1. The maximum absolute atomic E-state index is 11.3. The van der Waals surface area contributed by atoms with E-state index in [0.717, 1.165) is 4.47 Å². The van der Waals surface area contributed by atoms with E-state index < -0.39 is 12.0 Å². The maximum Gasteiger partial charge on any atom is 0.327 e. The van der Waals surface area contributed by atoms with Crippen LogP contribution in [0.5, 0.6) is 0 Å². The summed E-state index contributed by atoms with van der Waals surface area (Å²) in [4.78, 5) is 11.3. The first-order valence-electron chi connectivity index (χ1n) is 4.05. The van der Waals surface area contributed by atoms with Crippen molar-refractivity contribution in [2.75, 3.05) is 12.8 Å². The molecule has 0 saturated carbocycles. The van der Waals surface area contributed by atoms with Gasteiger partial charge in [0.1, 0.15) is 6.04 Å². The molecule has 1 aromatic carbocycles. The summed E-state index contributed by atoms with van der Waals surface area (Å²) >= 11 is 6.57. The van der Waals surface area contributed by atoms with E-state index in [-0.39, 0.29) is 12.4 Å². The third kappa shape index (κ3) is 3.35. The van der Waals surface area contributed by atoms with Gasteiger partial charge in [0, 0.05) is 14.5 Å². The predicted molar refractivity (Wildman–Crippen MR) is 72.4 cm³/mol. The molecule has 0 saturated heterocycles. The van der Waals surface area contributed by atoms with E-state index in [4.69, 9.17) is 11.5 Å². The average Bonchev–Trinajstić information content (AvgIpc) is 2.21. The molecule has 0 aliphatic heterocycles. The van der Waals surface area contributed by atoms with Crippen molar-refractivity contribution in [3.8, 4) is 0 Å². The van der Waals surface area contributed by atoms with Crippen LogP contribution in [0.25, 0.3) is 0 Å². The maximum atomic E-state index is 11.3. The van der Waals surface area contributed by atoms with Crippen molar-refractivity contribution in [3.05, 3.63) is 26.6 Å². The minimum Gasteiger partial charge on any atom is -0.468 e. The van der Waals surface area contributed by atoms with Gasteiger partial charge in [-0.25, -0.2) is 0 Å². The molecular weight excluding hydrogens is 363 g/mol. The van der Waals surface area contributed by atoms with Crippen molar-refractivity contribution in [2.24, 2.45) is 5.73 Å². The van der Waals surface area contributed by atoms with E-state index in [0.29, 0.717) is 15.7 Å². The fourth-order valence-corrected chi connectivity index (χ4v) is 2.37. The molecule has 1 aromatic rings. The number of ether oxygens (including phenoxy) is 1. The molecule has 7 heteroatoms. The third-order valence-corrected chi connectivity index (χ3v) is 3.03. The van der Waals surface area contributed by atoms with Gasteiger partial charge in [-0.2, -0.15) is 0 Å². The summed E-state index contributed by atoms with van der Waals surface area (Å²) in [5.41, 5.74) is 12.5. The van der Waals surface area contributed by atoms with E-state index in [2.05, 4.69) is 36.6 Å². The first-order valence-corrected chi connectivity index (χ1v) is 5.63. The highest BCUT2D eigenvalue weighted by atomic mass is 79.9. The minimum absolute atomic E-state index is 0. The van der Waals surface area contributed by atoms with Crippen LogP contribution in [0.4, 0.5) is 5.69 Å². The van der Waals surface area contributed by atoms with Crippen LogP contribution in [0, 0.1) is 0 Å². The summed E-state index contributed by atoms with van der Waals surface area (Å²) in [6, 6.07) is 2.61. The lowest BCUT2D eigenvalue weighted by atomic mass is 10.1. The highest BCUT2D eigenvalue weighted by molar-refractivity contribution is 9.11. The number of hydrogen-bond donors (Lipinski definition) is 2. The molecule has 0 aliphatic rings. The van der Waals surface area contributed by atoms with Gasteiger partial charge in [0.2, 0.25) is 0 Å². The van der Waals surface area contributed by atoms with Crippen molar-refractivity contribution in [2.45, 2.75) is 6.04 Å². The zero-order chi connectivity index (χ0) is 11.6. The van der Waals surface area contributed by atoms with Crippen molar-refractivity contribution in [1.29, 1.82) is 0 Å². The molecule has 1 rings (SSSR count).